The summed E-state index contributed by atoms with van der Waals surface area (Å²) < 4.78 is 4.63. The second-order valence-corrected chi connectivity index (χ2v) is 6.01. The van der Waals surface area contributed by atoms with E-state index in [1.165, 1.54) is 23.7 Å². The number of benzene rings is 1. The van der Waals surface area contributed by atoms with Crippen molar-refractivity contribution < 1.29 is 14.1 Å². The van der Waals surface area contributed by atoms with Gasteiger partial charge in [-0.1, -0.05) is 16.8 Å². The summed E-state index contributed by atoms with van der Waals surface area (Å²) >= 11 is 7.03. The lowest BCUT2D eigenvalue weighted by molar-refractivity contribution is -0.115. The molecule has 3 rings (SSSR count). The average molecular weight is 363 g/mol. The normalized spacial score (nSPS) is 10.4. The number of amides is 2. The molecule has 0 unspecified atom stereocenters. The molecule has 0 bridgehead atoms. The van der Waals surface area contributed by atoms with Crippen LogP contribution in [0.4, 0.5) is 10.9 Å². The summed E-state index contributed by atoms with van der Waals surface area (Å²) in [6.07, 6.45) is 1.43. The van der Waals surface area contributed by atoms with Crippen molar-refractivity contribution in [3.05, 3.63) is 58.3 Å². The summed E-state index contributed by atoms with van der Waals surface area (Å²) in [6.45, 7) is 0. The molecule has 0 saturated heterocycles. The highest BCUT2D eigenvalue weighted by Crippen LogP contribution is 2.18. The van der Waals surface area contributed by atoms with E-state index in [1.807, 2.05) is 0 Å². The van der Waals surface area contributed by atoms with Gasteiger partial charge in [0.25, 0.3) is 5.91 Å². The van der Waals surface area contributed by atoms with Crippen LogP contribution in [0.3, 0.4) is 0 Å². The lowest BCUT2D eigenvalue weighted by Crippen LogP contribution is -2.15. The number of nitrogens with one attached hydrogen (secondary N) is 2. The molecule has 2 aromatic heterocycles. The number of aromatic nitrogens is 2. The van der Waals surface area contributed by atoms with Crippen LogP contribution >= 0.6 is 22.9 Å². The van der Waals surface area contributed by atoms with Crippen molar-refractivity contribution in [2.45, 2.75) is 6.42 Å². The number of rotatable bonds is 5. The molecule has 0 atom stereocenters. The molecule has 7 nitrogen and oxygen atoms in total. The molecule has 0 aliphatic rings. The van der Waals surface area contributed by atoms with Crippen molar-refractivity contribution in [2.75, 3.05) is 10.6 Å². The zero-order valence-electron chi connectivity index (χ0n) is 12.2. The Hall–Kier alpha value is -2.71. The topological polar surface area (TPSA) is 97.1 Å². The smallest absolute Gasteiger partial charge is 0.257 e. The van der Waals surface area contributed by atoms with Crippen LogP contribution in [-0.2, 0) is 11.2 Å². The summed E-state index contributed by atoms with van der Waals surface area (Å²) in [6, 6.07) is 8.06. The molecule has 0 aliphatic heterocycles. The Labute approximate surface area is 145 Å². The summed E-state index contributed by atoms with van der Waals surface area (Å²) in [4.78, 5) is 28.1. The fraction of sp³-hybridized carbons (Fsp3) is 0.0667. The van der Waals surface area contributed by atoms with Gasteiger partial charge in [-0.25, -0.2) is 4.98 Å². The molecular weight excluding hydrogens is 352 g/mol. The van der Waals surface area contributed by atoms with E-state index in [2.05, 4.69) is 25.3 Å². The molecule has 0 aliphatic carbocycles. The fourth-order valence-electron chi connectivity index (χ4n) is 1.84. The molecule has 0 saturated carbocycles. The van der Waals surface area contributed by atoms with Crippen molar-refractivity contribution in [1.29, 1.82) is 0 Å². The predicted molar refractivity (Wildman–Crippen MR) is 90.4 cm³/mol. The van der Waals surface area contributed by atoms with E-state index in [4.69, 9.17) is 11.6 Å². The van der Waals surface area contributed by atoms with Gasteiger partial charge < -0.3 is 9.84 Å². The Morgan fingerprint density at radius 3 is 2.67 bits per heavy atom. The SMILES string of the molecule is O=C(Cc1csc(NC(=O)c2ccc(Cl)cc2)n1)Nc1ccon1. The molecule has 1 aromatic carbocycles. The van der Waals surface area contributed by atoms with Gasteiger partial charge in [-0.2, -0.15) is 0 Å². The Morgan fingerprint density at radius 2 is 1.96 bits per heavy atom. The number of halogens is 1. The number of carbonyl (C=O) groups is 2. The van der Waals surface area contributed by atoms with Gasteiger partial charge >= 0.3 is 0 Å². The fourth-order valence-corrected chi connectivity index (χ4v) is 2.68. The van der Waals surface area contributed by atoms with Crippen LogP contribution in [0.25, 0.3) is 0 Å². The molecule has 2 N–H and O–H groups in total. The number of thiazole rings is 1. The minimum atomic E-state index is -0.292. The number of hydrogen-bond acceptors (Lipinski definition) is 6. The van der Waals surface area contributed by atoms with Gasteiger partial charge in [0.05, 0.1) is 12.1 Å². The zero-order chi connectivity index (χ0) is 16.9. The maximum Gasteiger partial charge on any atom is 0.257 e. The molecule has 0 fully saturated rings. The first kappa shape index (κ1) is 16.2. The summed E-state index contributed by atoms with van der Waals surface area (Å²) in [5.41, 5.74) is 1.02. The van der Waals surface area contributed by atoms with Crippen molar-refractivity contribution in [3.63, 3.8) is 0 Å². The average Bonchev–Trinajstić information content (AvgIpc) is 3.20. The zero-order valence-corrected chi connectivity index (χ0v) is 13.7. The minimum absolute atomic E-state index is 0.0696. The number of carbonyl (C=O) groups excluding carboxylic acids is 2. The molecule has 2 heterocycles. The third-order valence-corrected chi connectivity index (χ3v) is 3.98. The number of nitrogens with zero attached hydrogens (tertiary/aromatic N) is 2. The van der Waals surface area contributed by atoms with Crippen LogP contribution in [0.5, 0.6) is 0 Å². The first-order chi connectivity index (χ1) is 11.6. The monoisotopic (exact) mass is 362 g/mol. The first-order valence-electron chi connectivity index (χ1n) is 6.82. The second-order valence-electron chi connectivity index (χ2n) is 4.71. The van der Waals surface area contributed by atoms with Gasteiger partial charge in [0.15, 0.2) is 10.9 Å². The first-order valence-corrected chi connectivity index (χ1v) is 8.07. The lowest BCUT2D eigenvalue weighted by atomic mass is 10.2. The van der Waals surface area contributed by atoms with Gasteiger partial charge in [0.1, 0.15) is 6.26 Å². The summed E-state index contributed by atoms with van der Waals surface area (Å²) in [5.74, 6) is -0.226. The number of hydrogen-bond donors (Lipinski definition) is 2. The van der Waals surface area contributed by atoms with Gasteiger partial charge in [0, 0.05) is 22.0 Å². The van der Waals surface area contributed by atoms with Crippen molar-refractivity contribution in [2.24, 2.45) is 0 Å². The highest BCUT2D eigenvalue weighted by atomic mass is 35.5. The van der Waals surface area contributed by atoms with E-state index in [-0.39, 0.29) is 18.2 Å². The molecule has 2 amide bonds. The minimum Gasteiger partial charge on any atom is -0.363 e. The Kier molecular flexibility index (Phi) is 4.88. The van der Waals surface area contributed by atoms with Crippen molar-refractivity contribution >= 4 is 45.7 Å². The van der Waals surface area contributed by atoms with Crippen LogP contribution < -0.4 is 10.6 Å². The van der Waals surface area contributed by atoms with E-state index in [0.717, 1.165) is 0 Å². The third kappa shape index (κ3) is 4.18. The standard InChI is InChI=1S/C15H11ClN4O3S/c16-10-3-1-9(2-4-10)14(22)19-15-17-11(8-24-15)7-13(21)18-12-5-6-23-20-12/h1-6,8H,7H2,(H,17,19,22)(H,18,20,21). The van der Waals surface area contributed by atoms with Crippen LogP contribution in [0.15, 0.2) is 46.5 Å². The van der Waals surface area contributed by atoms with E-state index in [1.54, 1.807) is 29.6 Å². The number of anilines is 2. The summed E-state index contributed by atoms with van der Waals surface area (Å²) in [5, 5.41) is 11.5. The highest BCUT2D eigenvalue weighted by molar-refractivity contribution is 7.14. The van der Waals surface area contributed by atoms with E-state index >= 15 is 0 Å². The molecular formula is C15H11ClN4O3S. The Morgan fingerprint density at radius 1 is 1.17 bits per heavy atom. The maximum absolute atomic E-state index is 12.1. The third-order valence-electron chi connectivity index (χ3n) is 2.93. The van der Waals surface area contributed by atoms with Gasteiger partial charge in [0.2, 0.25) is 5.91 Å². The van der Waals surface area contributed by atoms with Crippen LogP contribution in [0.2, 0.25) is 5.02 Å². The van der Waals surface area contributed by atoms with Crippen LogP contribution in [0, 0.1) is 0 Å². The Balaban J connectivity index is 1.58. The van der Waals surface area contributed by atoms with Crippen molar-refractivity contribution in [1.82, 2.24) is 10.1 Å². The lowest BCUT2D eigenvalue weighted by Gasteiger charge is -2.01. The molecule has 24 heavy (non-hydrogen) atoms. The van der Waals surface area contributed by atoms with Crippen LogP contribution in [0.1, 0.15) is 16.1 Å². The van der Waals surface area contributed by atoms with E-state index in [9.17, 15) is 9.59 Å². The van der Waals surface area contributed by atoms with E-state index in [0.29, 0.717) is 27.2 Å². The van der Waals surface area contributed by atoms with Gasteiger partial charge in [-0.3, -0.25) is 14.9 Å². The molecule has 122 valence electrons. The Bertz CT molecular complexity index is 846. The van der Waals surface area contributed by atoms with Gasteiger partial charge in [-0.05, 0) is 24.3 Å². The van der Waals surface area contributed by atoms with Gasteiger partial charge in [-0.15, -0.1) is 11.3 Å². The predicted octanol–water partition coefficient (Wildman–Crippen LogP) is 3.22. The molecule has 0 radical (unpaired) electrons. The molecule has 9 heteroatoms. The molecule has 3 aromatic rings. The van der Waals surface area contributed by atoms with Crippen molar-refractivity contribution in [3.8, 4) is 0 Å². The summed E-state index contributed by atoms with van der Waals surface area (Å²) in [7, 11) is 0. The molecule has 0 spiro atoms. The van der Waals surface area contributed by atoms with Crippen LogP contribution in [-0.4, -0.2) is 22.0 Å². The largest absolute Gasteiger partial charge is 0.363 e. The quantitative estimate of drug-likeness (QED) is 0.726. The maximum atomic E-state index is 12.1. The second kappa shape index (κ2) is 7.24. The highest BCUT2D eigenvalue weighted by Gasteiger charge is 2.12. The van der Waals surface area contributed by atoms with E-state index < -0.39 is 0 Å².